The van der Waals surface area contributed by atoms with Crippen molar-refractivity contribution < 1.29 is 4.79 Å². The fraction of sp³-hybridized carbons (Fsp3) is 0.200. The van der Waals surface area contributed by atoms with Gasteiger partial charge in [0.05, 0.1) is 11.9 Å². The zero-order valence-electron chi connectivity index (χ0n) is 14.6. The van der Waals surface area contributed by atoms with Gasteiger partial charge in [-0.3, -0.25) is 9.20 Å². The number of rotatable bonds is 4. The maximum absolute atomic E-state index is 12.4. The second-order valence-corrected chi connectivity index (χ2v) is 7.56. The first kappa shape index (κ1) is 16.1. The van der Waals surface area contributed by atoms with Gasteiger partial charge >= 0.3 is 0 Å². The van der Waals surface area contributed by atoms with Crippen LogP contribution in [0.3, 0.4) is 0 Å². The monoisotopic (exact) mass is 375 g/mol. The Bertz CT molecular complexity index is 1110. The lowest BCUT2D eigenvalue weighted by Gasteiger charge is -2.30. The number of likely N-dealkylation sites (tertiary alicyclic amines) is 1. The number of pyridine rings is 1. The van der Waals surface area contributed by atoms with Crippen LogP contribution < -0.4 is 0 Å². The van der Waals surface area contributed by atoms with Crippen molar-refractivity contribution in [2.75, 3.05) is 13.1 Å². The number of benzene rings is 1. The van der Waals surface area contributed by atoms with Crippen molar-refractivity contribution in [2.45, 2.75) is 12.8 Å². The van der Waals surface area contributed by atoms with Gasteiger partial charge in [-0.2, -0.15) is 0 Å². The Kier molecular flexibility index (Phi) is 3.94. The van der Waals surface area contributed by atoms with Crippen LogP contribution in [0.15, 0.2) is 54.3 Å². The van der Waals surface area contributed by atoms with Gasteiger partial charge in [-0.05, 0) is 30.2 Å². The fourth-order valence-corrected chi connectivity index (χ4v) is 3.88. The van der Waals surface area contributed by atoms with E-state index in [0.717, 1.165) is 47.8 Å². The molecule has 1 aliphatic heterocycles. The molecule has 1 aromatic carbocycles. The van der Waals surface area contributed by atoms with Gasteiger partial charge in [-0.25, -0.2) is 4.98 Å². The molecule has 3 aromatic heterocycles. The van der Waals surface area contributed by atoms with Crippen molar-refractivity contribution in [3.63, 3.8) is 0 Å². The van der Waals surface area contributed by atoms with Crippen molar-refractivity contribution >= 4 is 22.9 Å². The highest BCUT2D eigenvalue weighted by Crippen LogP contribution is 2.24. The fourth-order valence-electron chi connectivity index (χ4n) is 3.32. The summed E-state index contributed by atoms with van der Waals surface area (Å²) in [5.74, 6) is 0.0901. The predicted molar refractivity (Wildman–Crippen MR) is 104 cm³/mol. The first-order valence-corrected chi connectivity index (χ1v) is 9.77. The summed E-state index contributed by atoms with van der Waals surface area (Å²) in [5.41, 5.74) is 6.51. The minimum absolute atomic E-state index is 0.0901. The largest absolute Gasteiger partial charge is 0.339 e. The molecular formula is C20H17N5OS. The molecule has 5 rings (SSSR count). The van der Waals surface area contributed by atoms with Crippen molar-refractivity contribution in [3.8, 4) is 11.3 Å². The summed E-state index contributed by atoms with van der Waals surface area (Å²) in [6.45, 7) is 1.70. The van der Waals surface area contributed by atoms with Gasteiger partial charge in [0.25, 0.3) is 5.91 Å². The lowest BCUT2D eigenvalue weighted by atomic mass is 10.1. The highest BCUT2D eigenvalue weighted by molar-refractivity contribution is 7.09. The van der Waals surface area contributed by atoms with E-state index in [9.17, 15) is 4.79 Å². The molecule has 7 heteroatoms. The number of fused-ring (bicyclic) bond motifs is 1. The van der Waals surface area contributed by atoms with E-state index in [1.807, 2.05) is 39.9 Å². The molecule has 0 atom stereocenters. The van der Waals surface area contributed by atoms with Gasteiger partial charge < -0.3 is 4.90 Å². The highest BCUT2D eigenvalue weighted by atomic mass is 32.1. The first-order valence-electron chi connectivity index (χ1n) is 8.89. The SMILES string of the molecule is O=C(c1ccn2c(-c3cccc(Cc4nncs4)c3)cnc2c1)N1CCC1. The topological polar surface area (TPSA) is 63.4 Å². The molecule has 0 aliphatic carbocycles. The van der Waals surface area contributed by atoms with Crippen LogP contribution in [0.1, 0.15) is 27.3 Å². The summed E-state index contributed by atoms with van der Waals surface area (Å²) in [5, 5.41) is 9.02. The number of hydrogen-bond acceptors (Lipinski definition) is 5. The molecule has 0 unspecified atom stereocenters. The molecule has 0 saturated carbocycles. The van der Waals surface area contributed by atoms with Crippen LogP contribution in [0, 0.1) is 0 Å². The Hall–Kier alpha value is -3.06. The number of aromatic nitrogens is 4. The predicted octanol–water partition coefficient (Wildman–Crippen LogP) is 3.29. The summed E-state index contributed by atoms with van der Waals surface area (Å²) >= 11 is 1.56. The van der Waals surface area contributed by atoms with Crippen molar-refractivity contribution in [1.29, 1.82) is 0 Å². The van der Waals surface area contributed by atoms with Gasteiger partial charge in [0, 0.05) is 36.8 Å². The van der Waals surface area contributed by atoms with Crippen LogP contribution in [0.4, 0.5) is 0 Å². The van der Waals surface area contributed by atoms with Crippen LogP contribution in [0.25, 0.3) is 16.9 Å². The molecule has 4 heterocycles. The van der Waals surface area contributed by atoms with Gasteiger partial charge in [-0.1, -0.05) is 18.2 Å². The van der Waals surface area contributed by atoms with Gasteiger partial charge in [-0.15, -0.1) is 21.5 Å². The Morgan fingerprint density at radius 2 is 2.11 bits per heavy atom. The lowest BCUT2D eigenvalue weighted by Crippen LogP contribution is -2.42. The Balaban J connectivity index is 1.47. The van der Waals surface area contributed by atoms with Crippen molar-refractivity contribution in [2.24, 2.45) is 0 Å². The molecule has 0 bridgehead atoms. The smallest absolute Gasteiger partial charge is 0.254 e. The normalized spacial score (nSPS) is 13.7. The zero-order chi connectivity index (χ0) is 18.2. The Morgan fingerprint density at radius 1 is 1.19 bits per heavy atom. The molecule has 4 aromatic rings. The van der Waals surface area contributed by atoms with Gasteiger partial charge in [0.1, 0.15) is 16.2 Å². The summed E-state index contributed by atoms with van der Waals surface area (Å²) in [7, 11) is 0. The van der Waals surface area contributed by atoms with E-state index in [-0.39, 0.29) is 5.91 Å². The van der Waals surface area contributed by atoms with Crippen LogP contribution in [0.5, 0.6) is 0 Å². The molecule has 1 fully saturated rings. The highest BCUT2D eigenvalue weighted by Gasteiger charge is 2.22. The summed E-state index contributed by atoms with van der Waals surface area (Å²) in [6.07, 6.45) is 5.65. The van der Waals surface area contributed by atoms with E-state index >= 15 is 0 Å². The van der Waals surface area contributed by atoms with E-state index in [2.05, 4.69) is 33.4 Å². The van der Waals surface area contributed by atoms with Crippen molar-refractivity contribution in [3.05, 3.63) is 70.4 Å². The maximum atomic E-state index is 12.4. The summed E-state index contributed by atoms with van der Waals surface area (Å²) in [4.78, 5) is 18.8. The third-order valence-electron chi connectivity index (χ3n) is 4.89. The van der Waals surface area contributed by atoms with Crippen LogP contribution >= 0.6 is 11.3 Å². The molecule has 0 radical (unpaired) electrons. The van der Waals surface area contributed by atoms with E-state index in [1.165, 1.54) is 5.56 Å². The lowest BCUT2D eigenvalue weighted by molar-refractivity contribution is 0.0652. The Morgan fingerprint density at radius 3 is 2.89 bits per heavy atom. The molecule has 0 N–H and O–H groups in total. The van der Waals surface area contributed by atoms with E-state index in [1.54, 1.807) is 16.8 Å². The molecule has 134 valence electrons. The van der Waals surface area contributed by atoms with E-state index < -0.39 is 0 Å². The number of amides is 1. The molecule has 0 spiro atoms. The first-order chi connectivity index (χ1) is 13.3. The van der Waals surface area contributed by atoms with Crippen LogP contribution in [-0.2, 0) is 6.42 Å². The second-order valence-electron chi connectivity index (χ2n) is 6.64. The van der Waals surface area contributed by atoms with E-state index in [4.69, 9.17) is 0 Å². The quantitative estimate of drug-likeness (QED) is 0.549. The molecule has 6 nitrogen and oxygen atoms in total. The van der Waals surface area contributed by atoms with Gasteiger partial charge in [0.2, 0.25) is 0 Å². The molecule has 1 amide bonds. The third-order valence-corrected chi connectivity index (χ3v) is 5.58. The minimum Gasteiger partial charge on any atom is -0.339 e. The van der Waals surface area contributed by atoms with Crippen LogP contribution in [0.2, 0.25) is 0 Å². The standard InChI is InChI=1S/C20H17N5OS/c26-20(24-6-2-7-24)16-5-8-25-17(12-21-18(25)11-16)15-4-1-3-14(9-15)10-19-23-22-13-27-19/h1,3-5,8-9,11-13H,2,6-7,10H2. The molecule has 1 saturated heterocycles. The van der Waals surface area contributed by atoms with Crippen LogP contribution in [-0.4, -0.2) is 43.5 Å². The number of nitrogens with zero attached hydrogens (tertiary/aromatic N) is 5. The summed E-state index contributed by atoms with van der Waals surface area (Å²) in [6, 6.07) is 12.1. The molecule has 1 aliphatic rings. The molecule has 27 heavy (non-hydrogen) atoms. The number of carbonyl (C=O) groups is 1. The third kappa shape index (κ3) is 3.00. The number of carbonyl (C=O) groups excluding carboxylic acids is 1. The van der Waals surface area contributed by atoms with E-state index in [0.29, 0.717) is 5.56 Å². The second kappa shape index (κ2) is 6.59. The zero-order valence-corrected chi connectivity index (χ0v) is 15.4. The maximum Gasteiger partial charge on any atom is 0.254 e. The minimum atomic E-state index is 0.0901. The number of hydrogen-bond donors (Lipinski definition) is 0. The average molecular weight is 375 g/mol. The number of imidazole rings is 1. The van der Waals surface area contributed by atoms with Crippen molar-refractivity contribution in [1.82, 2.24) is 24.5 Å². The average Bonchev–Trinajstić information content (AvgIpc) is 3.29. The summed E-state index contributed by atoms with van der Waals surface area (Å²) < 4.78 is 2.02. The van der Waals surface area contributed by atoms with Gasteiger partial charge in [0.15, 0.2) is 0 Å². The Labute approximate surface area is 160 Å². The molecular weight excluding hydrogens is 358 g/mol.